The molecule has 0 spiro atoms. The summed E-state index contributed by atoms with van der Waals surface area (Å²) in [4.78, 5) is 23.2. The van der Waals surface area contributed by atoms with Crippen molar-refractivity contribution < 1.29 is 24.1 Å². The molecule has 1 unspecified atom stereocenters. The number of rotatable bonds is 8. The fourth-order valence-electron chi connectivity index (χ4n) is 4.32. The Bertz CT molecular complexity index is 1060. The molecule has 0 amide bonds. The Kier molecular flexibility index (Phi) is 7.53. The molecule has 4 rings (SSSR count). The molecule has 34 heavy (non-hydrogen) atoms. The van der Waals surface area contributed by atoms with Crippen LogP contribution in [0.4, 0.5) is 0 Å². The first-order valence-electron chi connectivity index (χ1n) is 11.6. The molecule has 0 saturated carbocycles. The second-order valence-corrected chi connectivity index (χ2v) is 9.07. The van der Waals surface area contributed by atoms with E-state index in [1.807, 2.05) is 38.1 Å². The lowest BCUT2D eigenvalue weighted by Gasteiger charge is -2.20. The lowest BCUT2D eigenvalue weighted by Crippen LogP contribution is -2.42. The molecule has 9 nitrogen and oxygen atoms in total. The Labute approximate surface area is 203 Å². The molecular formula is C24H29ClN4O5. The van der Waals surface area contributed by atoms with Gasteiger partial charge in [0, 0.05) is 22.3 Å². The highest BCUT2D eigenvalue weighted by Gasteiger charge is 2.40. The maximum atomic E-state index is 13.1. The number of pyridine rings is 1. The number of aryl methyl sites for hydroxylation is 1. The summed E-state index contributed by atoms with van der Waals surface area (Å²) in [5, 5.41) is 18.1. The van der Waals surface area contributed by atoms with Crippen molar-refractivity contribution in [3.05, 3.63) is 63.1 Å². The van der Waals surface area contributed by atoms with Gasteiger partial charge in [-0.2, -0.15) is 0 Å². The van der Waals surface area contributed by atoms with Crippen molar-refractivity contribution in [1.29, 1.82) is 0 Å². The molecule has 1 aromatic heterocycles. The van der Waals surface area contributed by atoms with Crippen LogP contribution in [0.2, 0.25) is 5.02 Å². The van der Waals surface area contributed by atoms with Gasteiger partial charge in [0.2, 0.25) is 5.28 Å². The number of halogens is 1. The summed E-state index contributed by atoms with van der Waals surface area (Å²) in [5.41, 5.74) is 3.15. The Morgan fingerprint density at radius 1 is 1.41 bits per heavy atom. The number of hydrogen-bond acceptors (Lipinski definition) is 7. The highest BCUT2D eigenvalue weighted by molar-refractivity contribution is 6.30. The van der Waals surface area contributed by atoms with Gasteiger partial charge < -0.3 is 19.5 Å². The van der Waals surface area contributed by atoms with E-state index in [-0.39, 0.29) is 18.8 Å². The van der Waals surface area contributed by atoms with Gasteiger partial charge in [0.25, 0.3) is 0 Å². The molecule has 10 heteroatoms. The topological polar surface area (TPSA) is 99.3 Å². The van der Waals surface area contributed by atoms with Gasteiger partial charge in [-0.25, -0.2) is 4.79 Å². The van der Waals surface area contributed by atoms with Crippen molar-refractivity contribution in [3.63, 3.8) is 0 Å². The maximum Gasteiger partial charge on any atom is 0.340 e. The van der Waals surface area contributed by atoms with Crippen LogP contribution < -0.4 is 4.74 Å². The van der Waals surface area contributed by atoms with Gasteiger partial charge in [0.15, 0.2) is 11.8 Å². The van der Waals surface area contributed by atoms with Crippen molar-refractivity contribution in [2.45, 2.75) is 71.3 Å². The molecule has 2 aromatic rings. The summed E-state index contributed by atoms with van der Waals surface area (Å²) in [7, 11) is 0. The van der Waals surface area contributed by atoms with Crippen molar-refractivity contribution in [3.8, 4) is 5.75 Å². The number of nitrogens with zero attached hydrogens (tertiary/aromatic N) is 4. The molecule has 1 saturated heterocycles. The first kappa shape index (κ1) is 24.2. The van der Waals surface area contributed by atoms with Crippen molar-refractivity contribution >= 4 is 17.6 Å². The van der Waals surface area contributed by atoms with E-state index in [9.17, 15) is 10.0 Å². The summed E-state index contributed by atoms with van der Waals surface area (Å²) in [6.07, 6.45) is 4.12. The van der Waals surface area contributed by atoms with Crippen LogP contribution in [0.3, 0.4) is 0 Å². The molecular weight excluding hydrogens is 460 g/mol. The fraction of sp³-hybridized carbons (Fsp3) is 0.500. The highest BCUT2D eigenvalue weighted by Crippen LogP contribution is 2.41. The van der Waals surface area contributed by atoms with Gasteiger partial charge in [-0.15, -0.1) is 5.01 Å². The van der Waals surface area contributed by atoms with E-state index < -0.39 is 12.0 Å². The number of benzene rings is 1. The fourth-order valence-corrected chi connectivity index (χ4v) is 4.45. The van der Waals surface area contributed by atoms with Gasteiger partial charge in [-0.3, -0.25) is 4.98 Å². The largest absolute Gasteiger partial charge is 0.569 e. The summed E-state index contributed by atoms with van der Waals surface area (Å²) in [6, 6.07) is 6.67. The van der Waals surface area contributed by atoms with Gasteiger partial charge in [0.1, 0.15) is 12.2 Å². The van der Waals surface area contributed by atoms with Crippen molar-refractivity contribution in [1.82, 2.24) is 9.99 Å². The first-order chi connectivity index (χ1) is 16.4. The predicted molar refractivity (Wildman–Crippen MR) is 124 cm³/mol. The van der Waals surface area contributed by atoms with Crippen LogP contribution in [0, 0.1) is 12.1 Å². The normalized spacial score (nSPS) is 20.8. The van der Waals surface area contributed by atoms with Crippen LogP contribution in [0.25, 0.3) is 0 Å². The molecule has 2 aliphatic rings. The number of carbonyl (C=O) groups excluding carboxylic acids is 1. The molecule has 1 fully saturated rings. The van der Waals surface area contributed by atoms with Crippen LogP contribution in [0.5, 0.6) is 5.75 Å². The third-order valence-corrected chi connectivity index (χ3v) is 6.36. The van der Waals surface area contributed by atoms with E-state index in [4.69, 9.17) is 25.9 Å². The molecule has 0 N–H and O–H groups in total. The zero-order chi connectivity index (χ0) is 24.2. The van der Waals surface area contributed by atoms with Crippen molar-refractivity contribution in [2.24, 2.45) is 5.28 Å². The molecule has 0 radical (unpaired) electrons. The van der Waals surface area contributed by atoms with E-state index in [2.05, 4.69) is 10.3 Å². The van der Waals surface area contributed by atoms with E-state index in [0.717, 1.165) is 29.5 Å². The van der Waals surface area contributed by atoms with Crippen molar-refractivity contribution in [2.75, 3.05) is 6.54 Å². The Morgan fingerprint density at radius 3 is 2.91 bits per heavy atom. The Hall–Kier alpha value is -2.91. The van der Waals surface area contributed by atoms with E-state index in [1.54, 1.807) is 13.1 Å². The number of aromatic nitrogens is 1. The van der Waals surface area contributed by atoms with Gasteiger partial charge in [0.05, 0.1) is 23.8 Å². The van der Waals surface area contributed by atoms with E-state index in [1.165, 1.54) is 5.01 Å². The lowest BCUT2D eigenvalue weighted by atomic mass is 10.0. The molecule has 3 heterocycles. The predicted octanol–water partition coefficient (Wildman–Crippen LogP) is 5.03. The van der Waals surface area contributed by atoms with Crippen LogP contribution >= 0.6 is 11.6 Å². The molecule has 0 aliphatic carbocycles. The number of esters is 1. The van der Waals surface area contributed by atoms with Gasteiger partial charge >= 0.3 is 5.97 Å². The monoisotopic (exact) mass is 488 g/mol. The molecule has 0 bridgehead atoms. The second-order valence-electron chi connectivity index (χ2n) is 8.63. The molecule has 182 valence electrons. The second kappa shape index (κ2) is 10.6. The summed E-state index contributed by atoms with van der Waals surface area (Å²) >= 11 is 6.01. The highest BCUT2D eigenvalue weighted by atomic mass is 35.5. The smallest absolute Gasteiger partial charge is 0.340 e. The first-order valence-corrected chi connectivity index (χ1v) is 11.9. The summed E-state index contributed by atoms with van der Waals surface area (Å²) < 4.78 is 11.8. The third kappa shape index (κ3) is 5.10. The van der Waals surface area contributed by atoms with E-state index >= 15 is 0 Å². The summed E-state index contributed by atoms with van der Waals surface area (Å²) in [6.45, 7) is 6.34. The summed E-state index contributed by atoms with van der Waals surface area (Å²) in [5.74, 6) is -0.142. The van der Waals surface area contributed by atoms with Gasteiger partial charge in [-0.1, -0.05) is 37.1 Å². The minimum absolute atomic E-state index is 0.177. The molecule has 1 aromatic carbocycles. The maximum absolute atomic E-state index is 13.1. The average Bonchev–Trinajstić information content (AvgIpc) is 3.48. The number of carbonyl (C=O) groups is 1. The lowest BCUT2D eigenvalue weighted by molar-refractivity contribution is -0.713. The number of ether oxygens (including phenoxy) is 2. The van der Waals surface area contributed by atoms with Crippen LogP contribution in [-0.2, 0) is 21.0 Å². The Balaban J connectivity index is 1.51. The third-order valence-electron chi connectivity index (χ3n) is 6.11. The van der Waals surface area contributed by atoms with Crippen LogP contribution in [0.15, 0.2) is 35.7 Å². The standard InChI is InChI=1S/C24H29ClN4O5/c1-4-6-15(2)34-27-29(31)28-12-5-7-21(28)24(30)33-22-16(3)26-13-19-20(22)14-32-23(19)17-8-10-18(25)11-9-17/h8-11,13,15,21,23H,4-7,12,14H2,1-3H3/b29-27-/t15?,21-,23-/m0/s1. The number of fused-ring (bicyclic) bond motifs is 1. The molecule has 2 aliphatic heterocycles. The zero-order valence-corrected chi connectivity index (χ0v) is 20.3. The number of hydrazine groups is 1. The number of hydrogen-bond donors (Lipinski definition) is 0. The van der Waals surface area contributed by atoms with Crippen LogP contribution in [0.1, 0.15) is 68.0 Å². The van der Waals surface area contributed by atoms with E-state index in [0.29, 0.717) is 40.8 Å². The SMILES string of the molecule is CCCC(C)O/N=[N+](\[O-])N1CCC[C@H]1C(=O)Oc1c(C)ncc2c1CO[C@H]2c1ccc(Cl)cc1. The van der Waals surface area contributed by atoms with Gasteiger partial charge in [-0.05, 0) is 50.8 Å². The van der Waals surface area contributed by atoms with Crippen LogP contribution in [-0.4, -0.2) is 39.6 Å². The minimum Gasteiger partial charge on any atom is -0.569 e. The molecule has 3 atom stereocenters. The average molecular weight is 489 g/mol. The zero-order valence-electron chi connectivity index (χ0n) is 19.6. The minimum atomic E-state index is -0.754. The Morgan fingerprint density at radius 2 is 2.18 bits per heavy atom. The quantitative estimate of drug-likeness (QED) is 0.222.